The molecule has 0 aromatic heterocycles. The van der Waals surface area contributed by atoms with E-state index in [-0.39, 0.29) is 11.2 Å². The third-order valence-electron chi connectivity index (χ3n) is 3.13. The lowest BCUT2D eigenvalue weighted by molar-refractivity contribution is 0.285. The van der Waals surface area contributed by atoms with E-state index in [1.54, 1.807) is 6.92 Å². The monoisotopic (exact) mass is 223 g/mol. The van der Waals surface area contributed by atoms with Crippen LogP contribution in [-0.4, -0.2) is 6.04 Å². The van der Waals surface area contributed by atoms with E-state index in [0.29, 0.717) is 11.6 Å². The van der Waals surface area contributed by atoms with Crippen molar-refractivity contribution in [3.05, 3.63) is 35.1 Å². The third-order valence-corrected chi connectivity index (χ3v) is 3.13. The second kappa shape index (κ2) is 4.96. The summed E-state index contributed by atoms with van der Waals surface area (Å²) in [5.74, 6) is -0.132. The van der Waals surface area contributed by atoms with E-state index in [9.17, 15) is 4.39 Å². The maximum absolute atomic E-state index is 13.1. The quantitative estimate of drug-likeness (QED) is 0.824. The van der Waals surface area contributed by atoms with Crippen molar-refractivity contribution >= 4 is 0 Å². The molecule has 0 fully saturated rings. The molecular weight excluding hydrogens is 201 g/mol. The molecule has 1 aromatic carbocycles. The molecule has 1 unspecified atom stereocenters. The summed E-state index contributed by atoms with van der Waals surface area (Å²) in [5, 5.41) is 3.46. The van der Waals surface area contributed by atoms with Crippen molar-refractivity contribution in [1.82, 2.24) is 5.32 Å². The SMILES string of the molecule is Cc1cc(CNC(C)C(C)(C)C)ccc1F. The van der Waals surface area contributed by atoms with E-state index in [1.165, 1.54) is 6.07 Å². The topological polar surface area (TPSA) is 12.0 Å². The molecule has 0 aliphatic heterocycles. The van der Waals surface area contributed by atoms with E-state index in [1.807, 2.05) is 12.1 Å². The van der Waals surface area contributed by atoms with E-state index in [0.717, 1.165) is 12.1 Å². The Labute approximate surface area is 98.1 Å². The summed E-state index contributed by atoms with van der Waals surface area (Å²) in [6, 6.07) is 5.70. The minimum atomic E-state index is -0.132. The fourth-order valence-electron chi connectivity index (χ4n) is 1.39. The Hall–Kier alpha value is -0.890. The Bertz CT molecular complexity index is 352. The highest BCUT2D eigenvalue weighted by Gasteiger charge is 2.18. The predicted molar refractivity (Wildman–Crippen MR) is 66.9 cm³/mol. The molecule has 0 aliphatic rings. The van der Waals surface area contributed by atoms with Crippen LogP contribution < -0.4 is 5.32 Å². The van der Waals surface area contributed by atoms with Crippen molar-refractivity contribution in [2.45, 2.75) is 47.2 Å². The van der Waals surface area contributed by atoms with Gasteiger partial charge in [0, 0.05) is 12.6 Å². The van der Waals surface area contributed by atoms with Crippen molar-refractivity contribution in [1.29, 1.82) is 0 Å². The first-order chi connectivity index (χ1) is 7.30. The van der Waals surface area contributed by atoms with Crippen molar-refractivity contribution < 1.29 is 4.39 Å². The molecule has 0 spiro atoms. The van der Waals surface area contributed by atoms with Crippen LogP contribution in [0.5, 0.6) is 0 Å². The minimum Gasteiger partial charge on any atom is -0.310 e. The Morgan fingerprint density at radius 2 is 1.94 bits per heavy atom. The van der Waals surface area contributed by atoms with Gasteiger partial charge in [-0.1, -0.05) is 32.9 Å². The van der Waals surface area contributed by atoms with E-state index in [4.69, 9.17) is 0 Å². The van der Waals surface area contributed by atoms with Crippen LogP contribution in [0.15, 0.2) is 18.2 Å². The second-order valence-electron chi connectivity index (χ2n) is 5.55. The zero-order chi connectivity index (χ0) is 12.3. The van der Waals surface area contributed by atoms with Crippen molar-refractivity contribution in [2.24, 2.45) is 5.41 Å². The molecule has 0 amide bonds. The average Bonchev–Trinajstić information content (AvgIpc) is 2.18. The van der Waals surface area contributed by atoms with Crippen LogP contribution >= 0.6 is 0 Å². The van der Waals surface area contributed by atoms with Crippen LogP contribution in [0, 0.1) is 18.2 Å². The molecular formula is C14H22FN. The lowest BCUT2D eigenvalue weighted by Crippen LogP contribution is -2.37. The third kappa shape index (κ3) is 3.60. The molecule has 1 aromatic rings. The maximum Gasteiger partial charge on any atom is 0.126 e. The lowest BCUT2D eigenvalue weighted by Gasteiger charge is -2.28. The van der Waals surface area contributed by atoms with E-state index < -0.39 is 0 Å². The zero-order valence-electron chi connectivity index (χ0n) is 10.9. The number of aryl methyl sites for hydroxylation is 1. The van der Waals surface area contributed by atoms with Gasteiger partial charge in [0.05, 0.1) is 0 Å². The van der Waals surface area contributed by atoms with Crippen LogP contribution in [0.25, 0.3) is 0 Å². The molecule has 1 rings (SSSR count). The van der Waals surface area contributed by atoms with Gasteiger partial charge in [-0.3, -0.25) is 0 Å². The Morgan fingerprint density at radius 1 is 1.31 bits per heavy atom. The molecule has 0 heterocycles. The summed E-state index contributed by atoms with van der Waals surface area (Å²) in [5.41, 5.74) is 2.09. The molecule has 1 atom stereocenters. The molecule has 90 valence electrons. The first-order valence-corrected chi connectivity index (χ1v) is 5.79. The van der Waals surface area contributed by atoms with Gasteiger partial charge in [-0.05, 0) is 36.5 Å². The summed E-state index contributed by atoms with van der Waals surface area (Å²) in [6.07, 6.45) is 0. The molecule has 2 heteroatoms. The number of rotatable bonds is 3. The molecule has 16 heavy (non-hydrogen) atoms. The summed E-state index contributed by atoms with van der Waals surface area (Å²) in [4.78, 5) is 0. The second-order valence-corrected chi connectivity index (χ2v) is 5.55. The van der Waals surface area contributed by atoms with E-state index in [2.05, 4.69) is 33.0 Å². The van der Waals surface area contributed by atoms with Crippen molar-refractivity contribution in [3.63, 3.8) is 0 Å². The van der Waals surface area contributed by atoms with Crippen LogP contribution in [-0.2, 0) is 6.54 Å². The smallest absolute Gasteiger partial charge is 0.126 e. The first-order valence-electron chi connectivity index (χ1n) is 5.79. The Balaban J connectivity index is 2.58. The number of halogens is 1. The molecule has 0 aliphatic carbocycles. The number of hydrogen-bond acceptors (Lipinski definition) is 1. The van der Waals surface area contributed by atoms with Crippen molar-refractivity contribution in [2.75, 3.05) is 0 Å². The number of nitrogens with one attached hydrogen (secondary N) is 1. The Morgan fingerprint density at radius 3 is 2.44 bits per heavy atom. The Kier molecular flexibility index (Phi) is 4.09. The van der Waals surface area contributed by atoms with Crippen LogP contribution in [0.2, 0.25) is 0 Å². The van der Waals surface area contributed by atoms with Gasteiger partial charge in [0.15, 0.2) is 0 Å². The zero-order valence-corrected chi connectivity index (χ0v) is 10.9. The highest BCUT2D eigenvalue weighted by molar-refractivity contribution is 5.23. The average molecular weight is 223 g/mol. The highest BCUT2D eigenvalue weighted by Crippen LogP contribution is 2.19. The summed E-state index contributed by atoms with van der Waals surface area (Å²) < 4.78 is 13.1. The fourth-order valence-corrected chi connectivity index (χ4v) is 1.39. The van der Waals surface area contributed by atoms with Gasteiger partial charge in [-0.15, -0.1) is 0 Å². The first kappa shape index (κ1) is 13.2. The lowest BCUT2D eigenvalue weighted by atomic mass is 9.88. The summed E-state index contributed by atoms with van der Waals surface area (Å²) >= 11 is 0. The molecule has 0 saturated carbocycles. The van der Waals surface area contributed by atoms with Crippen LogP contribution in [0.1, 0.15) is 38.8 Å². The number of benzene rings is 1. The predicted octanol–water partition coefficient (Wildman–Crippen LogP) is 3.66. The molecule has 0 bridgehead atoms. The largest absolute Gasteiger partial charge is 0.310 e. The molecule has 0 radical (unpaired) electrons. The standard InChI is InChI=1S/C14H22FN/c1-10-8-12(6-7-13(10)15)9-16-11(2)14(3,4)5/h6-8,11,16H,9H2,1-5H3. The van der Waals surface area contributed by atoms with Gasteiger partial charge < -0.3 is 5.32 Å². The maximum atomic E-state index is 13.1. The van der Waals surface area contributed by atoms with E-state index >= 15 is 0 Å². The molecule has 1 N–H and O–H groups in total. The summed E-state index contributed by atoms with van der Waals surface area (Å²) in [7, 11) is 0. The molecule has 0 saturated heterocycles. The summed E-state index contributed by atoms with van der Waals surface area (Å²) in [6.45, 7) is 11.4. The van der Waals surface area contributed by atoms with Gasteiger partial charge in [-0.2, -0.15) is 0 Å². The van der Waals surface area contributed by atoms with Gasteiger partial charge in [-0.25, -0.2) is 4.39 Å². The number of hydrogen-bond donors (Lipinski definition) is 1. The van der Waals surface area contributed by atoms with Crippen LogP contribution in [0.4, 0.5) is 4.39 Å². The van der Waals surface area contributed by atoms with Gasteiger partial charge in [0.2, 0.25) is 0 Å². The molecule has 1 nitrogen and oxygen atoms in total. The van der Waals surface area contributed by atoms with Crippen LogP contribution in [0.3, 0.4) is 0 Å². The van der Waals surface area contributed by atoms with Crippen molar-refractivity contribution in [3.8, 4) is 0 Å². The normalized spacial score (nSPS) is 13.9. The minimum absolute atomic E-state index is 0.132. The van der Waals surface area contributed by atoms with Gasteiger partial charge in [0.25, 0.3) is 0 Å². The van der Waals surface area contributed by atoms with Gasteiger partial charge in [0.1, 0.15) is 5.82 Å². The highest BCUT2D eigenvalue weighted by atomic mass is 19.1. The fraction of sp³-hybridized carbons (Fsp3) is 0.571. The van der Waals surface area contributed by atoms with Gasteiger partial charge >= 0.3 is 0 Å².